The Hall–Kier alpha value is -2.65. The Morgan fingerprint density at radius 1 is 1.07 bits per heavy atom. The van der Waals surface area contributed by atoms with Crippen LogP contribution in [-0.4, -0.2) is 42.9 Å². The summed E-state index contributed by atoms with van der Waals surface area (Å²) in [5, 5.41) is 1.93. The summed E-state index contributed by atoms with van der Waals surface area (Å²) in [5.41, 5.74) is 13.1. The maximum Gasteiger partial charge on any atom is 0.260 e. The number of pyridine rings is 1. The summed E-state index contributed by atoms with van der Waals surface area (Å²) in [7, 11) is 0. The highest BCUT2D eigenvalue weighted by Crippen LogP contribution is 2.39. The van der Waals surface area contributed by atoms with Crippen LogP contribution in [0.1, 0.15) is 32.7 Å². The maximum atomic E-state index is 11.7. The van der Waals surface area contributed by atoms with E-state index in [1.807, 2.05) is 18.2 Å². The number of ketones is 1. The van der Waals surface area contributed by atoms with E-state index >= 15 is 0 Å². The number of Topliss-reactive ketones (excluding diaryl/α,β-unsaturated/α-hetero) is 1. The van der Waals surface area contributed by atoms with Gasteiger partial charge < -0.3 is 21.3 Å². The van der Waals surface area contributed by atoms with Gasteiger partial charge in [-0.3, -0.25) is 9.59 Å². The molecule has 28 heavy (non-hydrogen) atoms. The zero-order chi connectivity index (χ0) is 19.8. The fourth-order valence-electron chi connectivity index (χ4n) is 3.54. The predicted molar refractivity (Wildman–Crippen MR) is 116 cm³/mol. The number of aromatic nitrogens is 1. The number of rotatable bonds is 4. The first-order valence-corrected chi connectivity index (χ1v) is 10.7. The number of anilines is 3. The molecular weight excluding hydrogens is 394 g/mol. The molecule has 1 aliphatic rings. The molecule has 9 heteroatoms. The highest BCUT2D eigenvalue weighted by atomic mass is 32.1. The Morgan fingerprint density at radius 2 is 1.82 bits per heavy atom. The van der Waals surface area contributed by atoms with Crippen LogP contribution in [0.3, 0.4) is 0 Å². The van der Waals surface area contributed by atoms with Crippen molar-refractivity contribution >= 4 is 61.0 Å². The lowest BCUT2D eigenvalue weighted by Gasteiger charge is -2.24. The summed E-state index contributed by atoms with van der Waals surface area (Å²) in [6.45, 7) is 5.05. The molecule has 146 valence electrons. The molecule has 0 saturated carbocycles. The van der Waals surface area contributed by atoms with Gasteiger partial charge in [-0.25, -0.2) is 4.98 Å². The SMILES string of the molecule is CC(=O)c1ccc(N2CCCN(c3ccnc4sc(C(N)=O)c(N)c34)CC2)s1. The van der Waals surface area contributed by atoms with Gasteiger partial charge in [-0.05, 0) is 31.5 Å². The summed E-state index contributed by atoms with van der Waals surface area (Å²) < 4.78 is 0. The Labute approximate surface area is 170 Å². The number of primary amides is 1. The van der Waals surface area contributed by atoms with Crippen LogP contribution in [0.4, 0.5) is 16.4 Å². The molecule has 1 fully saturated rings. The molecule has 7 nitrogen and oxygen atoms in total. The second kappa shape index (κ2) is 7.40. The summed E-state index contributed by atoms with van der Waals surface area (Å²) in [4.78, 5) is 34.1. The quantitative estimate of drug-likeness (QED) is 0.635. The minimum Gasteiger partial charge on any atom is -0.397 e. The molecule has 1 amide bonds. The van der Waals surface area contributed by atoms with Crippen LogP contribution in [-0.2, 0) is 0 Å². The number of nitrogens with zero attached hydrogens (tertiary/aromatic N) is 3. The van der Waals surface area contributed by atoms with Crippen LogP contribution in [0.25, 0.3) is 10.2 Å². The third kappa shape index (κ3) is 3.31. The molecule has 0 spiro atoms. The van der Waals surface area contributed by atoms with Crippen molar-refractivity contribution in [3.05, 3.63) is 34.2 Å². The van der Waals surface area contributed by atoms with E-state index in [1.165, 1.54) is 11.3 Å². The van der Waals surface area contributed by atoms with Crippen molar-refractivity contribution in [1.29, 1.82) is 0 Å². The number of carbonyl (C=O) groups is 2. The lowest BCUT2D eigenvalue weighted by molar-refractivity contribution is 0.100. The highest BCUT2D eigenvalue weighted by Gasteiger charge is 2.23. The minimum atomic E-state index is -0.521. The van der Waals surface area contributed by atoms with Gasteiger partial charge in [0.1, 0.15) is 9.71 Å². The van der Waals surface area contributed by atoms with Gasteiger partial charge >= 0.3 is 0 Å². The first kappa shape index (κ1) is 18.7. The van der Waals surface area contributed by atoms with E-state index in [4.69, 9.17) is 11.5 Å². The van der Waals surface area contributed by atoms with Crippen molar-refractivity contribution in [3.8, 4) is 0 Å². The topological polar surface area (TPSA) is 106 Å². The molecular formula is C19H21N5O2S2. The number of fused-ring (bicyclic) bond motifs is 1. The van der Waals surface area contributed by atoms with Crippen molar-refractivity contribution in [1.82, 2.24) is 4.98 Å². The third-order valence-electron chi connectivity index (χ3n) is 4.92. The molecule has 4 N–H and O–H groups in total. The number of nitrogens with two attached hydrogens (primary N) is 2. The Bertz CT molecular complexity index is 1060. The van der Waals surface area contributed by atoms with Crippen molar-refractivity contribution in [2.24, 2.45) is 5.73 Å². The van der Waals surface area contributed by atoms with Crippen LogP contribution in [0.15, 0.2) is 24.4 Å². The lowest BCUT2D eigenvalue weighted by Crippen LogP contribution is -2.30. The van der Waals surface area contributed by atoms with Crippen LogP contribution >= 0.6 is 22.7 Å². The number of thiophene rings is 2. The first-order valence-electron chi connectivity index (χ1n) is 9.03. The number of carbonyl (C=O) groups excluding carboxylic acids is 2. The normalized spacial score (nSPS) is 15.0. The number of amides is 1. The van der Waals surface area contributed by atoms with Gasteiger partial charge in [-0.15, -0.1) is 22.7 Å². The van der Waals surface area contributed by atoms with Gasteiger partial charge in [0.25, 0.3) is 5.91 Å². The van der Waals surface area contributed by atoms with Gasteiger partial charge in [0.2, 0.25) is 0 Å². The minimum absolute atomic E-state index is 0.102. The molecule has 3 aromatic heterocycles. The second-order valence-electron chi connectivity index (χ2n) is 6.74. The summed E-state index contributed by atoms with van der Waals surface area (Å²) in [6, 6.07) is 5.87. The molecule has 0 radical (unpaired) electrons. The molecule has 0 unspecified atom stereocenters. The van der Waals surface area contributed by atoms with Crippen molar-refractivity contribution < 1.29 is 9.59 Å². The van der Waals surface area contributed by atoms with E-state index in [1.54, 1.807) is 24.5 Å². The smallest absolute Gasteiger partial charge is 0.260 e. The van der Waals surface area contributed by atoms with Crippen LogP contribution < -0.4 is 21.3 Å². The Morgan fingerprint density at radius 3 is 2.54 bits per heavy atom. The van der Waals surface area contributed by atoms with Gasteiger partial charge in [0.15, 0.2) is 5.78 Å². The second-order valence-corrected chi connectivity index (χ2v) is 8.80. The first-order chi connectivity index (χ1) is 13.5. The van der Waals surface area contributed by atoms with Gasteiger partial charge in [0.05, 0.1) is 26.6 Å². The van der Waals surface area contributed by atoms with E-state index in [9.17, 15) is 9.59 Å². The van der Waals surface area contributed by atoms with Gasteiger partial charge in [-0.2, -0.15) is 0 Å². The molecule has 0 aromatic carbocycles. The van der Waals surface area contributed by atoms with Gasteiger partial charge in [-0.1, -0.05) is 0 Å². The van der Waals surface area contributed by atoms with E-state index in [2.05, 4.69) is 14.8 Å². The van der Waals surface area contributed by atoms with E-state index in [0.29, 0.717) is 10.6 Å². The fraction of sp³-hybridized carbons (Fsp3) is 0.316. The van der Waals surface area contributed by atoms with Gasteiger partial charge in [0, 0.05) is 32.4 Å². The lowest BCUT2D eigenvalue weighted by atomic mass is 10.2. The monoisotopic (exact) mass is 415 g/mol. The highest BCUT2D eigenvalue weighted by molar-refractivity contribution is 7.21. The van der Waals surface area contributed by atoms with Crippen molar-refractivity contribution in [2.45, 2.75) is 13.3 Å². The summed E-state index contributed by atoms with van der Waals surface area (Å²) >= 11 is 2.78. The third-order valence-corrected chi connectivity index (χ3v) is 7.29. The molecule has 0 atom stereocenters. The summed E-state index contributed by atoms with van der Waals surface area (Å²) in [6.07, 6.45) is 2.73. The Kier molecular flexibility index (Phi) is 4.94. The molecule has 4 rings (SSSR count). The number of hydrogen-bond acceptors (Lipinski definition) is 8. The zero-order valence-corrected chi connectivity index (χ0v) is 17.1. The van der Waals surface area contributed by atoms with E-state index < -0.39 is 5.91 Å². The molecule has 1 aliphatic heterocycles. The molecule has 0 aliphatic carbocycles. The average Bonchev–Trinajstić information content (AvgIpc) is 3.20. The number of nitrogen functional groups attached to an aromatic ring is 1. The number of hydrogen-bond donors (Lipinski definition) is 2. The van der Waals surface area contributed by atoms with E-state index in [-0.39, 0.29) is 5.78 Å². The molecule has 4 heterocycles. The Balaban J connectivity index is 1.61. The van der Waals surface area contributed by atoms with Crippen molar-refractivity contribution in [3.63, 3.8) is 0 Å². The average molecular weight is 416 g/mol. The predicted octanol–water partition coefficient (Wildman–Crippen LogP) is 2.96. The molecule has 1 saturated heterocycles. The molecule has 3 aromatic rings. The molecule has 0 bridgehead atoms. The summed E-state index contributed by atoms with van der Waals surface area (Å²) in [5.74, 6) is -0.419. The van der Waals surface area contributed by atoms with Crippen LogP contribution in [0, 0.1) is 0 Å². The zero-order valence-electron chi connectivity index (χ0n) is 15.5. The largest absolute Gasteiger partial charge is 0.397 e. The van der Waals surface area contributed by atoms with Crippen LogP contribution in [0.2, 0.25) is 0 Å². The fourth-order valence-corrected chi connectivity index (χ4v) is 5.43. The maximum absolute atomic E-state index is 11.7. The van der Waals surface area contributed by atoms with E-state index in [0.717, 1.165) is 58.4 Å². The standard InChI is InChI=1S/C19H21N5O2S2/c1-11(25)13-3-4-14(27-13)24-8-2-7-23(9-10-24)12-5-6-22-19-15(12)16(20)17(28-19)18(21)26/h3-6H,2,7-10,20H2,1H3,(H2,21,26). The van der Waals surface area contributed by atoms with Crippen molar-refractivity contribution in [2.75, 3.05) is 41.7 Å². The van der Waals surface area contributed by atoms with Crippen LogP contribution in [0.5, 0.6) is 0 Å².